The standard InChI is InChI=1S/C11H16N2O3S/c1-3-16-8-4-7(5-8)12-11-13-9(10(14)15)6(2)17-11/h7-8H,3-5H2,1-2H3,(H,12,13)(H,14,15). The van der Waals surface area contributed by atoms with E-state index in [1.165, 1.54) is 11.3 Å². The molecule has 94 valence electrons. The molecule has 1 fully saturated rings. The van der Waals surface area contributed by atoms with Crippen molar-refractivity contribution in [2.75, 3.05) is 11.9 Å². The van der Waals surface area contributed by atoms with E-state index >= 15 is 0 Å². The van der Waals surface area contributed by atoms with E-state index in [9.17, 15) is 4.79 Å². The third-order valence-corrected chi connectivity index (χ3v) is 3.73. The van der Waals surface area contributed by atoms with Gasteiger partial charge in [0.15, 0.2) is 10.8 Å². The average Bonchev–Trinajstić information content (AvgIpc) is 2.56. The number of nitrogens with one attached hydrogen (secondary N) is 1. The molecule has 2 rings (SSSR count). The van der Waals surface area contributed by atoms with Crippen molar-refractivity contribution in [3.05, 3.63) is 10.6 Å². The SMILES string of the molecule is CCOC1CC(Nc2nc(C(=O)O)c(C)s2)C1. The van der Waals surface area contributed by atoms with Crippen molar-refractivity contribution in [3.63, 3.8) is 0 Å². The topological polar surface area (TPSA) is 71.5 Å². The van der Waals surface area contributed by atoms with E-state index in [0.29, 0.717) is 17.3 Å². The van der Waals surface area contributed by atoms with Crippen LogP contribution in [0, 0.1) is 6.92 Å². The molecule has 17 heavy (non-hydrogen) atoms. The number of nitrogens with zero attached hydrogens (tertiary/aromatic N) is 1. The Bertz CT molecular complexity index is 413. The molecule has 0 spiro atoms. The van der Waals surface area contributed by atoms with Gasteiger partial charge >= 0.3 is 5.97 Å². The lowest BCUT2D eigenvalue weighted by Crippen LogP contribution is -2.40. The van der Waals surface area contributed by atoms with Crippen LogP contribution in [0.25, 0.3) is 0 Å². The molecule has 0 aromatic carbocycles. The third kappa shape index (κ3) is 2.76. The first kappa shape index (κ1) is 12.3. The number of carboxylic acid groups (broad SMARTS) is 1. The van der Waals surface area contributed by atoms with Crippen LogP contribution in [0.4, 0.5) is 5.13 Å². The lowest BCUT2D eigenvalue weighted by Gasteiger charge is -2.35. The normalized spacial score (nSPS) is 23.2. The Morgan fingerprint density at radius 1 is 1.65 bits per heavy atom. The predicted octanol–water partition coefficient (Wildman–Crippen LogP) is 2.13. The van der Waals surface area contributed by atoms with Crippen LogP contribution in [0.5, 0.6) is 0 Å². The third-order valence-electron chi connectivity index (χ3n) is 2.82. The lowest BCUT2D eigenvalue weighted by atomic mass is 9.89. The number of aryl methyl sites for hydroxylation is 1. The molecule has 1 aromatic rings. The van der Waals surface area contributed by atoms with Crippen LogP contribution in [0.1, 0.15) is 35.1 Å². The first-order valence-electron chi connectivity index (χ1n) is 5.69. The summed E-state index contributed by atoms with van der Waals surface area (Å²) in [4.78, 5) is 15.6. The molecule has 1 aliphatic rings. The van der Waals surface area contributed by atoms with E-state index < -0.39 is 5.97 Å². The highest BCUT2D eigenvalue weighted by molar-refractivity contribution is 7.15. The number of anilines is 1. The molecule has 0 saturated heterocycles. The molecule has 0 aliphatic heterocycles. The monoisotopic (exact) mass is 256 g/mol. The average molecular weight is 256 g/mol. The van der Waals surface area contributed by atoms with Crippen molar-refractivity contribution in [2.24, 2.45) is 0 Å². The van der Waals surface area contributed by atoms with E-state index in [-0.39, 0.29) is 5.69 Å². The van der Waals surface area contributed by atoms with Gasteiger partial charge in [-0.1, -0.05) is 0 Å². The molecule has 1 saturated carbocycles. The van der Waals surface area contributed by atoms with E-state index in [1.807, 2.05) is 6.92 Å². The number of ether oxygens (including phenoxy) is 1. The van der Waals surface area contributed by atoms with Crippen LogP contribution in [-0.4, -0.2) is 34.8 Å². The van der Waals surface area contributed by atoms with Crippen LogP contribution in [0.2, 0.25) is 0 Å². The number of aromatic nitrogens is 1. The Balaban J connectivity index is 1.88. The van der Waals surface area contributed by atoms with Gasteiger partial charge in [0.25, 0.3) is 0 Å². The maximum atomic E-state index is 10.8. The lowest BCUT2D eigenvalue weighted by molar-refractivity contribution is 0.00298. The van der Waals surface area contributed by atoms with Crippen LogP contribution < -0.4 is 5.32 Å². The minimum atomic E-state index is -0.965. The van der Waals surface area contributed by atoms with Crippen molar-refractivity contribution in [2.45, 2.75) is 38.8 Å². The number of thiazole rings is 1. The molecule has 0 radical (unpaired) electrons. The smallest absolute Gasteiger partial charge is 0.355 e. The number of aromatic carboxylic acids is 1. The minimum Gasteiger partial charge on any atom is -0.476 e. The summed E-state index contributed by atoms with van der Waals surface area (Å²) in [6.45, 7) is 4.51. The predicted molar refractivity (Wildman–Crippen MR) is 65.9 cm³/mol. The van der Waals surface area contributed by atoms with Crippen LogP contribution in [0.15, 0.2) is 0 Å². The van der Waals surface area contributed by atoms with Gasteiger partial charge in [-0.2, -0.15) is 0 Å². The minimum absolute atomic E-state index is 0.151. The van der Waals surface area contributed by atoms with Gasteiger partial charge in [-0.25, -0.2) is 9.78 Å². The zero-order valence-corrected chi connectivity index (χ0v) is 10.7. The van der Waals surface area contributed by atoms with Crippen molar-refractivity contribution < 1.29 is 14.6 Å². The summed E-state index contributed by atoms with van der Waals surface area (Å²) in [5.41, 5.74) is 0.151. The Labute approximate surface area is 104 Å². The highest BCUT2D eigenvalue weighted by atomic mass is 32.1. The summed E-state index contributed by atoms with van der Waals surface area (Å²) >= 11 is 1.39. The number of carbonyl (C=O) groups is 1. The largest absolute Gasteiger partial charge is 0.476 e. The maximum absolute atomic E-state index is 10.8. The summed E-state index contributed by atoms with van der Waals surface area (Å²) in [6, 6.07) is 0.360. The Hall–Kier alpha value is -1.14. The van der Waals surface area contributed by atoms with Crippen molar-refractivity contribution in [3.8, 4) is 0 Å². The second kappa shape index (κ2) is 5.01. The van der Waals surface area contributed by atoms with Gasteiger partial charge in [0, 0.05) is 17.5 Å². The van der Waals surface area contributed by atoms with Gasteiger partial charge in [0.2, 0.25) is 0 Å². The van der Waals surface area contributed by atoms with Crippen molar-refractivity contribution in [1.82, 2.24) is 4.98 Å². The van der Waals surface area contributed by atoms with E-state index in [0.717, 1.165) is 24.3 Å². The zero-order valence-electron chi connectivity index (χ0n) is 9.90. The molecule has 0 amide bonds. The fraction of sp³-hybridized carbons (Fsp3) is 0.636. The summed E-state index contributed by atoms with van der Waals surface area (Å²) in [5, 5.41) is 12.8. The van der Waals surface area contributed by atoms with E-state index in [2.05, 4.69) is 10.3 Å². The summed E-state index contributed by atoms with van der Waals surface area (Å²) in [6.07, 6.45) is 2.28. The molecule has 0 atom stereocenters. The second-order valence-electron chi connectivity index (χ2n) is 4.12. The number of hydrogen-bond acceptors (Lipinski definition) is 5. The molecule has 2 N–H and O–H groups in total. The highest BCUT2D eigenvalue weighted by Gasteiger charge is 2.30. The molecular weight excluding hydrogens is 240 g/mol. The van der Waals surface area contributed by atoms with E-state index in [1.54, 1.807) is 6.92 Å². The zero-order chi connectivity index (χ0) is 12.4. The van der Waals surface area contributed by atoms with Crippen molar-refractivity contribution >= 4 is 22.4 Å². The Morgan fingerprint density at radius 3 is 2.88 bits per heavy atom. The fourth-order valence-corrected chi connectivity index (χ4v) is 2.77. The van der Waals surface area contributed by atoms with Crippen molar-refractivity contribution in [1.29, 1.82) is 0 Å². The quantitative estimate of drug-likeness (QED) is 0.844. The summed E-state index contributed by atoms with van der Waals surface area (Å²) in [5.74, 6) is -0.965. The van der Waals surface area contributed by atoms with E-state index in [4.69, 9.17) is 9.84 Å². The van der Waals surface area contributed by atoms with Gasteiger partial charge < -0.3 is 15.2 Å². The highest BCUT2D eigenvalue weighted by Crippen LogP contribution is 2.29. The Morgan fingerprint density at radius 2 is 2.35 bits per heavy atom. The van der Waals surface area contributed by atoms with Gasteiger partial charge in [-0.3, -0.25) is 0 Å². The number of rotatable bonds is 5. The molecule has 5 nitrogen and oxygen atoms in total. The fourth-order valence-electron chi connectivity index (χ4n) is 1.89. The molecule has 0 bridgehead atoms. The van der Waals surface area contributed by atoms with Gasteiger partial charge in [0.05, 0.1) is 6.10 Å². The Kier molecular flexibility index (Phi) is 3.63. The molecule has 0 unspecified atom stereocenters. The first-order valence-corrected chi connectivity index (χ1v) is 6.50. The number of hydrogen-bond donors (Lipinski definition) is 2. The second-order valence-corrected chi connectivity index (χ2v) is 5.32. The first-order chi connectivity index (χ1) is 8.10. The van der Waals surface area contributed by atoms with Gasteiger partial charge in [-0.15, -0.1) is 11.3 Å². The summed E-state index contributed by atoms with van der Waals surface area (Å²) < 4.78 is 5.46. The van der Waals surface area contributed by atoms with Crippen LogP contribution in [0.3, 0.4) is 0 Å². The van der Waals surface area contributed by atoms with Crippen LogP contribution >= 0.6 is 11.3 Å². The molecular formula is C11H16N2O3S. The molecule has 1 aliphatic carbocycles. The molecule has 6 heteroatoms. The summed E-state index contributed by atoms with van der Waals surface area (Å²) in [7, 11) is 0. The van der Waals surface area contributed by atoms with Gasteiger partial charge in [0.1, 0.15) is 0 Å². The van der Waals surface area contributed by atoms with Crippen LogP contribution in [-0.2, 0) is 4.74 Å². The van der Waals surface area contributed by atoms with Gasteiger partial charge in [-0.05, 0) is 26.7 Å². The molecule has 1 heterocycles. The maximum Gasteiger partial charge on any atom is 0.355 e. The molecule has 1 aromatic heterocycles. The number of carboxylic acids is 1.